The van der Waals surface area contributed by atoms with E-state index in [0.717, 1.165) is 0 Å². The topological polar surface area (TPSA) is 0 Å². The lowest BCUT2D eigenvalue weighted by Gasteiger charge is -2.21. The summed E-state index contributed by atoms with van der Waals surface area (Å²) in [6.45, 7) is 2.16. The normalized spacial score (nSPS) is 11.7. The van der Waals surface area contributed by atoms with Gasteiger partial charge in [-0.15, -0.1) is 0 Å². The highest BCUT2D eigenvalue weighted by Crippen LogP contribution is 2.49. The standard InChI is InChI=1S/C61H40/c1-39-32-34-40(35-33-39)43-36-44(58-50-22-6-10-26-54(50)60(55-27-11-7-23-51(55)58)48-30-14-18-41-16-2-4-20-46(41)48)38-45(37-43)59-52-24-8-12-28-56(52)61(57-29-13-9-25-53(57)59)49-31-15-19-42-17-3-5-21-47(42)49/h2-38H,1H3. The Morgan fingerprint density at radius 2 is 0.508 bits per heavy atom. The zero-order valence-electron chi connectivity index (χ0n) is 33.9. The fourth-order valence-electron chi connectivity index (χ4n) is 10.2. The average Bonchev–Trinajstić information content (AvgIpc) is 3.32. The van der Waals surface area contributed by atoms with Crippen LogP contribution in [0.2, 0.25) is 0 Å². The number of rotatable bonds is 5. The van der Waals surface area contributed by atoms with Crippen LogP contribution < -0.4 is 0 Å². The minimum absolute atomic E-state index is 1.20. The molecule has 0 amide bonds. The highest BCUT2D eigenvalue weighted by Gasteiger charge is 2.22. The summed E-state index contributed by atoms with van der Waals surface area (Å²) >= 11 is 0. The highest BCUT2D eigenvalue weighted by atomic mass is 14.2. The van der Waals surface area contributed by atoms with Crippen molar-refractivity contribution >= 4 is 64.6 Å². The first kappa shape index (κ1) is 35.2. The summed E-state index contributed by atoms with van der Waals surface area (Å²) in [5, 5.41) is 15.0. The third kappa shape index (κ3) is 5.68. The summed E-state index contributed by atoms with van der Waals surface area (Å²) in [7, 11) is 0. The summed E-state index contributed by atoms with van der Waals surface area (Å²) in [4.78, 5) is 0. The Bertz CT molecular complexity index is 3350. The van der Waals surface area contributed by atoms with Crippen LogP contribution in [0.15, 0.2) is 224 Å². The number of hydrogen-bond acceptors (Lipinski definition) is 0. The van der Waals surface area contributed by atoms with Crippen LogP contribution in [-0.4, -0.2) is 0 Å². The molecule has 0 radical (unpaired) electrons. The Labute approximate surface area is 355 Å². The van der Waals surface area contributed by atoms with Gasteiger partial charge in [-0.3, -0.25) is 0 Å². The molecule has 0 unspecified atom stereocenters. The van der Waals surface area contributed by atoms with Gasteiger partial charge in [-0.2, -0.15) is 0 Å². The molecule has 12 aromatic rings. The van der Waals surface area contributed by atoms with Gasteiger partial charge in [0.1, 0.15) is 0 Å². The predicted molar refractivity (Wildman–Crippen MR) is 263 cm³/mol. The molecule has 0 atom stereocenters. The van der Waals surface area contributed by atoms with Crippen LogP contribution in [0.5, 0.6) is 0 Å². The molecular formula is C61H40. The van der Waals surface area contributed by atoms with Gasteiger partial charge < -0.3 is 0 Å². The van der Waals surface area contributed by atoms with Crippen LogP contribution >= 0.6 is 0 Å². The maximum absolute atomic E-state index is 2.47. The smallest absolute Gasteiger partial charge is 0.00201 e. The van der Waals surface area contributed by atoms with E-state index in [-0.39, 0.29) is 0 Å². The second-order valence-electron chi connectivity index (χ2n) is 16.4. The van der Waals surface area contributed by atoms with E-state index in [1.165, 1.54) is 126 Å². The van der Waals surface area contributed by atoms with Crippen molar-refractivity contribution in [2.45, 2.75) is 6.92 Å². The van der Waals surface area contributed by atoms with Gasteiger partial charge in [0.25, 0.3) is 0 Å². The van der Waals surface area contributed by atoms with Gasteiger partial charge in [0.2, 0.25) is 0 Å². The maximum Gasteiger partial charge on any atom is -0.00201 e. The Hall–Kier alpha value is -7.80. The average molecular weight is 773 g/mol. The summed E-state index contributed by atoms with van der Waals surface area (Å²) in [6.07, 6.45) is 0. The number of hydrogen-bond donors (Lipinski definition) is 0. The molecule has 0 aliphatic carbocycles. The molecular weight excluding hydrogens is 733 g/mol. The van der Waals surface area contributed by atoms with E-state index in [9.17, 15) is 0 Å². The largest absolute Gasteiger partial charge is 0.0616 e. The molecule has 0 heterocycles. The molecule has 0 aliphatic rings. The molecule has 0 nitrogen and oxygen atoms in total. The van der Waals surface area contributed by atoms with Crippen molar-refractivity contribution in [3.8, 4) is 55.6 Å². The first-order chi connectivity index (χ1) is 30.2. The second kappa shape index (κ2) is 14.2. The summed E-state index contributed by atoms with van der Waals surface area (Å²) in [5.41, 5.74) is 13.7. The van der Waals surface area contributed by atoms with Gasteiger partial charge in [-0.05, 0) is 145 Å². The van der Waals surface area contributed by atoms with Crippen molar-refractivity contribution in [1.82, 2.24) is 0 Å². The van der Waals surface area contributed by atoms with E-state index < -0.39 is 0 Å². The quantitative estimate of drug-likeness (QED) is 0.153. The van der Waals surface area contributed by atoms with Crippen LogP contribution in [0.25, 0.3) is 120 Å². The Morgan fingerprint density at radius 1 is 0.213 bits per heavy atom. The Kier molecular flexibility index (Phi) is 8.18. The van der Waals surface area contributed by atoms with Crippen LogP contribution in [0.3, 0.4) is 0 Å². The summed E-state index contributed by atoms with van der Waals surface area (Å²) in [5.74, 6) is 0. The van der Waals surface area contributed by atoms with Gasteiger partial charge >= 0.3 is 0 Å². The van der Waals surface area contributed by atoms with E-state index in [2.05, 4.69) is 231 Å². The van der Waals surface area contributed by atoms with Crippen molar-refractivity contribution in [3.05, 3.63) is 230 Å². The van der Waals surface area contributed by atoms with E-state index >= 15 is 0 Å². The van der Waals surface area contributed by atoms with Gasteiger partial charge in [0.05, 0.1) is 0 Å². The zero-order valence-corrected chi connectivity index (χ0v) is 33.9. The molecule has 12 aromatic carbocycles. The van der Waals surface area contributed by atoms with Gasteiger partial charge in [0.15, 0.2) is 0 Å². The fraction of sp³-hybridized carbons (Fsp3) is 0.0164. The molecule has 0 bridgehead atoms. The molecule has 0 saturated carbocycles. The highest BCUT2D eigenvalue weighted by molar-refractivity contribution is 6.26. The molecule has 0 heteroatoms. The van der Waals surface area contributed by atoms with E-state index in [0.29, 0.717) is 0 Å². The van der Waals surface area contributed by atoms with Gasteiger partial charge in [-0.25, -0.2) is 0 Å². The molecule has 0 saturated heterocycles. The number of fused-ring (bicyclic) bond motifs is 6. The van der Waals surface area contributed by atoms with E-state index in [4.69, 9.17) is 0 Å². The lowest BCUT2D eigenvalue weighted by Crippen LogP contribution is -1.94. The predicted octanol–water partition coefficient (Wildman–Crippen LogP) is 17.2. The molecule has 0 spiro atoms. The van der Waals surface area contributed by atoms with Crippen molar-refractivity contribution in [1.29, 1.82) is 0 Å². The fourth-order valence-corrected chi connectivity index (χ4v) is 10.2. The molecule has 61 heavy (non-hydrogen) atoms. The second-order valence-corrected chi connectivity index (χ2v) is 16.4. The maximum atomic E-state index is 2.47. The van der Waals surface area contributed by atoms with Crippen LogP contribution in [0.1, 0.15) is 5.56 Å². The molecule has 0 aromatic heterocycles. The van der Waals surface area contributed by atoms with E-state index in [1.807, 2.05) is 0 Å². The van der Waals surface area contributed by atoms with Crippen LogP contribution in [-0.2, 0) is 0 Å². The molecule has 0 aliphatic heterocycles. The Morgan fingerprint density at radius 3 is 0.885 bits per heavy atom. The first-order valence-corrected chi connectivity index (χ1v) is 21.3. The Balaban J connectivity index is 1.20. The minimum Gasteiger partial charge on any atom is -0.0616 e. The molecule has 12 rings (SSSR count). The van der Waals surface area contributed by atoms with Gasteiger partial charge in [0, 0.05) is 0 Å². The van der Waals surface area contributed by atoms with Gasteiger partial charge in [-0.1, -0.05) is 212 Å². The van der Waals surface area contributed by atoms with Crippen molar-refractivity contribution in [3.63, 3.8) is 0 Å². The molecule has 0 fully saturated rings. The van der Waals surface area contributed by atoms with Crippen molar-refractivity contribution in [2.75, 3.05) is 0 Å². The monoisotopic (exact) mass is 772 g/mol. The first-order valence-electron chi connectivity index (χ1n) is 21.3. The minimum atomic E-state index is 1.20. The van der Waals surface area contributed by atoms with Crippen LogP contribution in [0, 0.1) is 6.92 Å². The SMILES string of the molecule is Cc1ccc(-c2cc(-c3c4ccccc4c(-c4cccc5ccccc45)c4ccccc34)cc(-c3c4ccccc4c(-c4cccc5ccccc45)c4ccccc34)c2)cc1. The van der Waals surface area contributed by atoms with E-state index in [1.54, 1.807) is 0 Å². The lowest BCUT2D eigenvalue weighted by atomic mass is 9.81. The van der Waals surface area contributed by atoms with Crippen molar-refractivity contribution in [2.24, 2.45) is 0 Å². The van der Waals surface area contributed by atoms with Crippen LogP contribution in [0.4, 0.5) is 0 Å². The number of aryl methyl sites for hydroxylation is 1. The zero-order chi connectivity index (χ0) is 40.4. The summed E-state index contributed by atoms with van der Waals surface area (Å²) in [6, 6.07) is 83.5. The third-order valence-electron chi connectivity index (χ3n) is 12.9. The molecule has 284 valence electrons. The lowest BCUT2D eigenvalue weighted by molar-refractivity contribution is 1.47. The third-order valence-corrected chi connectivity index (χ3v) is 12.9. The number of benzene rings is 12. The van der Waals surface area contributed by atoms with Crippen molar-refractivity contribution < 1.29 is 0 Å². The molecule has 0 N–H and O–H groups in total. The summed E-state index contributed by atoms with van der Waals surface area (Å²) < 4.78 is 0.